The number of halogens is 5. The fourth-order valence-corrected chi connectivity index (χ4v) is 3.74. The van der Waals surface area contributed by atoms with Crippen LogP contribution in [-0.4, -0.2) is 53.6 Å². The van der Waals surface area contributed by atoms with Crippen molar-refractivity contribution in [2.75, 3.05) is 31.1 Å². The molecule has 0 aromatic carbocycles. The molecule has 30 heavy (non-hydrogen) atoms. The summed E-state index contributed by atoms with van der Waals surface area (Å²) >= 11 is 0. The minimum Gasteiger partial charge on any atom is -0.356 e. The number of nitrogens with zero attached hydrogens (tertiary/aromatic N) is 4. The number of amides is 1. The second kappa shape index (κ2) is 10.5. The van der Waals surface area contributed by atoms with Gasteiger partial charge in [0.05, 0.1) is 18.2 Å². The van der Waals surface area contributed by atoms with Crippen molar-refractivity contribution >= 4 is 36.5 Å². The Hall–Kier alpha value is -1.76. The van der Waals surface area contributed by atoms with E-state index in [0.717, 1.165) is 37.9 Å². The molecule has 1 aromatic rings. The molecular weight excluding hydrogens is 442 g/mol. The van der Waals surface area contributed by atoms with Gasteiger partial charge in [-0.1, -0.05) is 0 Å². The van der Waals surface area contributed by atoms with Gasteiger partial charge in [0.2, 0.25) is 5.91 Å². The van der Waals surface area contributed by atoms with E-state index >= 15 is 0 Å². The number of rotatable bonds is 4. The van der Waals surface area contributed by atoms with Crippen molar-refractivity contribution in [1.82, 2.24) is 15.2 Å². The van der Waals surface area contributed by atoms with Crippen LogP contribution in [0.5, 0.6) is 0 Å². The largest absolute Gasteiger partial charge is 0.417 e. The highest BCUT2D eigenvalue weighted by molar-refractivity contribution is 5.85. The number of carbonyl (C=O) groups excluding carboxylic acids is 1. The fourth-order valence-electron chi connectivity index (χ4n) is 3.74. The summed E-state index contributed by atoms with van der Waals surface area (Å²) in [6, 6.07) is 4.30. The van der Waals surface area contributed by atoms with Crippen molar-refractivity contribution in [3.63, 3.8) is 0 Å². The molecule has 0 unspecified atom stereocenters. The molecule has 1 N–H and O–H groups in total. The first-order valence-electron chi connectivity index (χ1n) is 9.44. The van der Waals surface area contributed by atoms with Crippen LogP contribution >= 0.6 is 24.8 Å². The Morgan fingerprint density at radius 1 is 1.30 bits per heavy atom. The summed E-state index contributed by atoms with van der Waals surface area (Å²) in [5, 5.41) is 12.4. The van der Waals surface area contributed by atoms with Crippen LogP contribution in [0.4, 0.5) is 19.0 Å². The van der Waals surface area contributed by atoms with Gasteiger partial charge in [-0.25, -0.2) is 4.98 Å². The van der Waals surface area contributed by atoms with Crippen molar-refractivity contribution in [2.45, 2.75) is 50.4 Å². The van der Waals surface area contributed by atoms with Crippen LogP contribution in [0.1, 0.15) is 38.2 Å². The van der Waals surface area contributed by atoms with Crippen LogP contribution in [0.15, 0.2) is 18.3 Å². The number of hydrogen-bond acceptors (Lipinski definition) is 5. The normalized spacial score (nSPS) is 20.7. The lowest BCUT2D eigenvalue weighted by Crippen LogP contribution is -2.54. The summed E-state index contributed by atoms with van der Waals surface area (Å²) in [5.74, 6) is 0.470. The van der Waals surface area contributed by atoms with Crippen molar-refractivity contribution < 1.29 is 18.0 Å². The molecule has 0 saturated carbocycles. The molecule has 2 aliphatic heterocycles. The van der Waals surface area contributed by atoms with Crippen molar-refractivity contribution in [2.24, 2.45) is 0 Å². The zero-order valence-electron chi connectivity index (χ0n) is 16.6. The van der Waals surface area contributed by atoms with Crippen LogP contribution in [0.2, 0.25) is 0 Å². The second-order valence-electron chi connectivity index (χ2n) is 7.68. The summed E-state index contributed by atoms with van der Waals surface area (Å²) in [4.78, 5) is 19.9. The number of nitriles is 1. The molecule has 2 aliphatic rings. The van der Waals surface area contributed by atoms with Gasteiger partial charge in [-0.05, 0) is 44.7 Å². The third-order valence-electron chi connectivity index (χ3n) is 5.65. The second-order valence-corrected chi connectivity index (χ2v) is 7.68. The predicted octanol–water partition coefficient (Wildman–Crippen LogP) is 3.41. The molecule has 3 heterocycles. The third kappa shape index (κ3) is 6.13. The van der Waals surface area contributed by atoms with Gasteiger partial charge in [0, 0.05) is 31.4 Å². The van der Waals surface area contributed by atoms with Gasteiger partial charge in [0.25, 0.3) is 0 Å². The van der Waals surface area contributed by atoms with E-state index in [2.05, 4.69) is 16.4 Å². The molecule has 2 saturated heterocycles. The average molecular weight is 468 g/mol. The Bertz CT molecular complexity index is 746. The summed E-state index contributed by atoms with van der Waals surface area (Å²) in [6.45, 7) is 4.14. The van der Waals surface area contributed by atoms with E-state index in [0.29, 0.717) is 25.5 Å². The zero-order chi connectivity index (χ0) is 20.4. The fraction of sp³-hybridized carbons (Fsp3) is 0.632. The summed E-state index contributed by atoms with van der Waals surface area (Å²) in [7, 11) is 0. The molecule has 0 spiro atoms. The first kappa shape index (κ1) is 26.3. The molecule has 0 aliphatic carbocycles. The Morgan fingerprint density at radius 2 is 1.97 bits per heavy atom. The van der Waals surface area contributed by atoms with Crippen LogP contribution < -0.4 is 10.2 Å². The van der Waals surface area contributed by atoms with Crippen LogP contribution in [-0.2, 0) is 11.0 Å². The summed E-state index contributed by atoms with van der Waals surface area (Å²) in [5.41, 5.74) is -0.990. The number of aromatic nitrogens is 1. The van der Waals surface area contributed by atoms with Crippen molar-refractivity contribution in [1.29, 1.82) is 5.26 Å². The van der Waals surface area contributed by atoms with E-state index in [4.69, 9.17) is 5.26 Å². The molecule has 1 atom stereocenters. The highest BCUT2D eigenvalue weighted by atomic mass is 35.5. The van der Waals surface area contributed by atoms with Gasteiger partial charge in [-0.2, -0.15) is 18.4 Å². The van der Waals surface area contributed by atoms with Gasteiger partial charge < -0.3 is 15.1 Å². The van der Waals surface area contributed by atoms with E-state index in [1.54, 1.807) is 4.90 Å². The number of alkyl halides is 3. The molecule has 6 nitrogen and oxygen atoms in total. The predicted molar refractivity (Wildman–Crippen MR) is 112 cm³/mol. The molecule has 1 amide bonds. The highest BCUT2D eigenvalue weighted by Gasteiger charge is 2.34. The van der Waals surface area contributed by atoms with E-state index < -0.39 is 11.7 Å². The standard InChI is InChI=1S/C19H24F3N5O.2ClH/c1-18(25-13-17(28)27-8-2-3-15(27)11-23)6-9-26(10-7-18)16-5-4-14(12-24-16)19(20,21)22;;/h4-5,12,15,25H,2-3,6-10,13H2,1H3;2*1H/t15-;;/m0../s1. The highest BCUT2D eigenvalue weighted by Crippen LogP contribution is 2.30. The maximum absolute atomic E-state index is 12.7. The maximum atomic E-state index is 12.7. The van der Waals surface area contributed by atoms with E-state index in [9.17, 15) is 18.0 Å². The minimum atomic E-state index is -4.39. The smallest absolute Gasteiger partial charge is 0.356 e. The van der Waals surface area contributed by atoms with Crippen molar-refractivity contribution in [3.05, 3.63) is 23.9 Å². The van der Waals surface area contributed by atoms with Crippen LogP contribution in [0.3, 0.4) is 0 Å². The molecule has 0 radical (unpaired) electrons. The Kier molecular flexibility index (Phi) is 9.21. The quantitative estimate of drug-likeness (QED) is 0.734. The molecule has 3 rings (SSSR count). The number of hydrogen-bond donors (Lipinski definition) is 1. The van der Waals surface area contributed by atoms with E-state index in [1.165, 1.54) is 6.07 Å². The van der Waals surface area contributed by atoms with Gasteiger partial charge in [0.1, 0.15) is 11.9 Å². The first-order valence-corrected chi connectivity index (χ1v) is 9.44. The molecule has 2 fully saturated rings. The molecule has 0 bridgehead atoms. The van der Waals surface area contributed by atoms with E-state index in [1.807, 2.05) is 11.8 Å². The first-order chi connectivity index (χ1) is 13.2. The number of piperidine rings is 1. The average Bonchev–Trinajstić information content (AvgIpc) is 3.15. The topological polar surface area (TPSA) is 72.3 Å². The van der Waals surface area contributed by atoms with Crippen LogP contribution in [0.25, 0.3) is 0 Å². The molecule has 11 heteroatoms. The minimum absolute atomic E-state index is 0. The van der Waals surface area contributed by atoms with Gasteiger partial charge in [-0.15, -0.1) is 24.8 Å². The number of pyridine rings is 1. The lowest BCUT2D eigenvalue weighted by atomic mass is 9.89. The molecule has 1 aromatic heterocycles. The van der Waals surface area contributed by atoms with Gasteiger partial charge >= 0.3 is 6.18 Å². The van der Waals surface area contributed by atoms with Crippen LogP contribution in [0, 0.1) is 11.3 Å². The maximum Gasteiger partial charge on any atom is 0.417 e. The SMILES string of the molecule is CC1(NCC(=O)N2CCC[C@H]2C#N)CCN(c2ccc(C(F)(F)F)cn2)CC1.Cl.Cl. The number of anilines is 1. The van der Waals surface area contributed by atoms with E-state index in [-0.39, 0.29) is 48.8 Å². The van der Waals surface area contributed by atoms with Crippen molar-refractivity contribution in [3.8, 4) is 6.07 Å². The molecular formula is C19H26Cl2F3N5O. The lowest BCUT2D eigenvalue weighted by molar-refractivity contribution is -0.137. The Balaban J connectivity index is 0.00000225. The number of likely N-dealkylation sites (tertiary alicyclic amines) is 1. The Morgan fingerprint density at radius 3 is 2.50 bits per heavy atom. The molecule has 168 valence electrons. The van der Waals surface area contributed by atoms with Gasteiger partial charge in [-0.3, -0.25) is 4.79 Å². The monoisotopic (exact) mass is 467 g/mol. The number of carbonyl (C=O) groups is 1. The third-order valence-corrected chi connectivity index (χ3v) is 5.65. The summed E-state index contributed by atoms with van der Waals surface area (Å²) in [6.07, 6.45) is -0.454. The van der Waals surface area contributed by atoms with Gasteiger partial charge in [0.15, 0.2) is 0 Å². The summed E-state index contributed by atoms with van der Waals surface area (Å²) < 4.78 is 38.0. The number of nitrogens with one attached hydrogen (secondary N) is 1. The Labute approximate surface area is 186 Å². The zero-order valence-corrected chi connectivity index (χ0v) is 18.2. The lowest BCUT2D eigenvalue weighted by Gasteiger charge is -2.40.